The van der Waals surface area contributed by atoms with Crippen LogP contribution in [0.4, 0.5) is 4.39 Å². The topological polar surface area (TPSA) is 159 Å². The maximum absolute atomic E-state index is 13.2. The maximum atomic E-state index is 13.2. The number of nitrogens with two attached hydrogens (primary N) is 1. The molecule has 0 aliphatic carbocycles. The van der Waals surface area contributed by atoms with E-state index in [1.54, 1.807) is 6.26 Å². The molecule has 0 aromatic heterocycles. The third-order valence-electron chi connectivity index (χ3n) is 5.43. The van der Waals surface area contributed by atoms with Crippen LogP contribution >= 0.6 is 11.8 Å². The number of carbonyl (C=O) groups excluding carboxylic acids is 4. The van der Waals surface area contributed by atoms with Gasteiger partial charge in [-0.2, -0.15) is 11.8 Å². The number of carboxylic acids is 1. The highest BCUT2D eigenvalue weighted by Gasteiger charge is 2.37. The zero-order valence-electron chi connectivity index (χ0n) is 18.8. The number of piperidine rings is 1. The van der Waals surface area contributed by atoms with E-state index in [0.29, 0.717) is 12.0 Å². The molecule has 1 aromatic rings. The van der Waals surface area contributed by atoms with Gasteiger partial charge in [0.1, 0.15) is 17.9 Å². The molecule has 0 spiro atoms. The Morgan fingerprint density at radius 2 is 1.88 bits per heavy atom. The van der Waals surface area contributed by atoms with E-state index in [9.17, 15) is 28.4 Å². The summed E-state index contributed by atoms with van der Waals surface area (Å²) in [5, 5.41) is 14.3. The first kappa shape index (κ1) is 27.1. The smallest absolute Gasteiger partial charge is 0.303 e. The van der Waals surface area contributed by atoms with Gasteiger partial charge in [-0.1, -0.05) is 12.1 Å². The van der Waals surface area contributed by atoms with Gasteiger partial charge < -0.3 is 26.4 Å². The van der Waals surface area contributed by atoms with E-state index in [0.717, 1.165) is 0 Å². The normalized spacial score (nSPS) is 18.6. The highest BCUT2D eigenvalue weighted by atomic mass is 32.2. The Morgan fingerprint density at radius 1 is 1.21 bits per heavy atom. The van der Waals surface area contributed by atoms with Crippen molar-refractivity contribution < 1.29 is 33.5 Å². The summed E-state index contributed by atoms with van der Waals surface area (Å²) in [6, 6.07) is 2.88. The molecule has 10 nitrogen and oxygen atoms in total. The minimum absolute atomic E-state index is 0.0227. The van der Waals surface area contributed by atoms with Gasteiger partial charge in [0.15, 0.2) is 0 Å². The largest absolute Gasteiger partial charge is 0.481 e. The summed E-state index contributed by atoms with van der Waals surface area (Å²) in [5.74, 6) is -3.49. The molecule has 0 saturated carbocycles. The molecule has 2 rings (SSSR count). The molecule has 1 fully saturated rings. The van der Waals surface area contributed by atoms with Crippen LogP contribution in [0.1, 0.15) is 31.2 Å². The molecule has 34 heavy (non-hydrogen) atoms. The number of likely N-dealkylation sites (tertiary alicyclic amines) is 1. The van der Waals surface area contributed by atoms with Gasteiger partial charge >= 0.3 is 5.97 Å². The van der Waals surface area contributed by atoms with Gasteiger partial charge in [-0.3, -0.25) is 24.0 Å². The maximum Gasteiger partial charge on any atom is 0.303 e. The number of primary amides is 1. The summed E-state index contributed by atoms with van der Waals surface area (Å²) < 4.78 is 13.2. The van der Waals surface area contributed by atoms with Crippen LogP contribution in [0.3, 0.4) is 0 Å². The van der Waals surface area contributed by atoms with Gasteiger partial charge in [0.25, 0.3) is 0 Å². The first-order valence-electron chi connectivity index (χ1n) is 10.7. The molecule has 0 bridgehead atoms. The van der Waals surface area contributed by atoms with E-state index in [1.807, 2.05) is 0 Å². The molecule has 3 atom stereocenters. The van der Waals surface area contributed by atoms with E-state index in [2.05, 4.69) is 10.6 Å². The Balaban J connectivity index is 2.16. The lowest BCUT2D eigenvalue weighted by Crippen LogP contribution is -2.60. The number of rotatable bonds is 11. The Hall–Kier alpha value is -3.15. The standard InChI is InChI=1S/C22H29FN4O6S/c1-34-12-18(28)25-15-8-9-27(19(29)6-7-20(30)31)17(11-15)22(33)26-16(21(24)32)10-13-2-4-14(23)5-3-13/h2-5,15-17H,6-12H2,1H3,(H2,24,32)(H,25,28)(H,26,33)(H,30,31)/t15-,16+,17+/m1/s1. The van der Waals surface area contributed by atoms with E-state index < -0.39 is 41.6 Å². The molecule has 1 saturated heterocycles. The Bertz CT molecular complexity index is 913. The molecule has 1 heterocycles. The second kappa shape index (κ2) is 12.9. The second-order valence-electron chi connectivity index (χ2n) is 8.01. The molecule has 0 unspecified atom stereocenters. The van der Waals surface area contributed by atoms with Crippen LogP contribution in [0.2, 0.25) is 0 Å². The lowest BCUT2D eigenvalue weighted by Gasteiger charge is -2.39. The van der Waals surface area contributed by atoms with Crippen LogP contribution in [0.5, 0.6) is 0 Å². The van der Waals surface area contributed by atoms with E-state index >= 15 is 0 Å². The highest BCUT2D eigenvalue weighted by Crippen LogP contribution is 2.20. The van der Waals surface area contributed by atoms with Gasteiger partial charge in [-0.05, 0) is 36.8 Å². The van der Waals surface area contributed by atoms with Crippen LogP contribution in [0.15, 0.2) is 24.3 Å². The van der Waals surface area contributed by atoms with E-state index in [4.69, 9.17) is 10.8 Å². The molecule has 12 heteroatoms. The van der Waals surface area contributed by atoms with E-state index in [1.165, 1.54) is 40.9 Å². The van der Waals surface area contributed by atoms with Crippen LogP contribution in [-0.2, 0) is 30.4 Å². The number of amides is 4. The zero-order valence-corrected chi connectivity index (χ0v) is 19.6. The number of carbonyl (C=O) groups is 5. The second-order valence-corrected chi connectivity index (χ2v) is 8.88. The van der Waals surface area contributed by atoms with Crippen molar-refractivity contribution >= 4 is 41.4 Å². The molecular formula is C22H29FN4O6S. The number of carboxylic acid groups (broad SMARTS) is 1. The summed E-state index contributed by atoms with van der Waals surface area (Å²) in [4.78, 5) is 62.0. The van der Waals surface area contributed by atoms with Gasteiger partial charge in [-0.15, -0.1) is 0 Å². The molecular weight excluding hydrogens is 467 g/mol. The lowest BCUT2D eigenvalue weighted by molar-refractivity contribution is -0.146. The minimum Gasteiger partial charge on any atom is -0.481 e. The number of nitrogens with zero attached hydrogens (tertiary/aromatic N) is 1. The van der Waals surface area contributed by atoms with Crippen molar-refractivity contribution in [1.29, 1.82) is 0 Å². The van der Waals surface area contributed by atoms with E-state index in [-0.39, 0.29) is 49.9 Å². The van der Waals surface area contributed by atoms with Gasteiger partial charge in [0, 0.05) is 25.4 Å². The quantitative estimate of drug-likeness (QED) is 0.337. The molecule has 1 aliphatic rings. The molecule has 0 radical (unpaired) electrons. The highest BCUT2D eigenvalue weighted by molar-refractivity contribution is 7.99. The fraction of sp³-hybridized carbons (Fsp3) is 0.500. The molecule has 1 aliphatic heterocycles. The van der Waals surface area contributed by atoms with Crippen LogP contribution in [0.25, 0.3) is 0 Å². The predicted octanol–water partition coefficient (Wildman–Crippen LogP) is 0.0419. The Morgan fingerprint density at radius 3 is 2.47 bits per heavy atom. The lowest BCUT2D eigenvalue weighted by atomic mass is 9.95. The Labute approximate surface area is 200 Å². The number of hydrogen-bond donors (Lipinski definition) is 4. The third kappa shape index (κ3) is 8.32. The van der Waals surface area contributed by atoms with Crippen LogP contribution < -0.4 is 16.4 Å². The fourth-order valence-corrected chi connectivity index (χ4v) is 4.09. The first-order valence-corrected chi connectivity index (χ1v) is 12.1. The molecule has 186 valence electrons. The molecule has 5 N–H and O–H groups in total. The summed E-state index contributed by atoms with van der Waals surface area (Å²) in [6.45, 7) is 0.139. The fourth-order valence-electron chi connectivity index (χ4n) is 3.75. The molecule has 1 aromatic carbocycles. The summed E-state index contributed by atoms with van der Waals surface area (Å²) in [5.41, 5.74) is 6.04. The first-order chi connectivity index (χ1) is 16.1. The summed E-state index contributed by atoms with van der Waals surface area (Å²) >= 11 is 1.35. The predicted molar refractivity (Wildman–Crippen MR) is 123 cm³/mol. The summed E-state index contributed by atoms with van der Waals surface area (Å²) in [6.07, 6.45) is 1.65. The SMILES string of the molecule is CSCC(=O)N[C@@H]1CCN(C(=O)CCC(=O)O)[C@H](C(=O)N[C@@H](Cc2ccc(F)cc2)C(N)=O)C1. The van der Waals surface area contributed by atoms with Crippen molar-refractivity contribution in [1.82, 2.24) is 15.5 Å². The number of aliphatic carboxylic acids is 1. The van der Waals surface area contributed by atoms with Crippen LogP contribution in [0, 0.1) is 5.82 Å². The third-order valence-corrected chi connectivity index (χ3v) is 5.98. The van der Waals surface area contributed by atoms with Crippen molar-refractivity contribution in [2.45, 2.75) is 50.2 Å². The van der Waals surface area contributed by atoms with Crippen molar-refractivity contribution in [3.8, 4) is 0 Å². The number of nitrogens with one attached hydrogen (secondary N) is 2. The number of benzene rings is 1. The average molecular weight is 497 g/mol. The van der Waals surface area contributed by atoms with Crippen molar-refractivity contribution in [3.63, 3.8) is 0 Å². The summed E-state index contributed by atoms with van der Waals surface area (Å²) in [7, 11) is 0. The van der Waals surface area contributed by atoms with Gasteiger partial charge in [-0.25, -0.2) is 4.39 Å². The Kier molecular flexibility index (Phi) is 10.3. The van der Waals surface area contributed by atoms with Gasteiger partial charge in [0.2, 0.25) is 23.6 Å². The number of halogens is 1. The van der Waals surface area contributed by atoms with Crippen molar-refractivity contribution in [2.75, 3.05) is 18.6 Å². The zero-order chi connectivity index (χ0) is 25.3. The number of hydrogen-bond acceptors (Lipinski definition) is 6. The minimum atomic E-state index is -1.14. The van der Waals surface area contributed by atoms with Crippen molar-refractivity contribution in [2.24, 2.45) is 5.73 Å². The van der Waals surface area contributed by atoms with Crippen LogP contribution in [-0.4, -0.2) is 76.3 Å². The monoisotopic (exact) mass is 496 g/mol. The van der Waals surface area contributed by atoms with Gasteiger partial charge in [0.05, 0.1) is 12.2 Å². The average Bonchev–Trinajstić information content (AvgIpc) is 2.78. The number of thioether (sulfide) groups is 1. The molecule has 4 amide bonds. The van der Waals surface area contributed by atoms with Crippen molar-refractivity contribution in [3.05, 3.63) is 35.6 Å².